The Bertz CT molecular complexity index is 1880. The number of fused-ring (bicyclic) bond motifs is 1. The SMILES string of the molecule is CO[C@H]1[C@@H](OC(=O)c2ccc(C)[nH]2)[C@@H](O)[C@H](Oc2ccc3c(OC(c4ccccc4)c4ccccc4)cc(=O)oc3c2C)OC1(C)C. The zero-order valence-corrected chi connectivity index (χ0v) is 26.8. The molecule has 244 valence electrons. The summed E-state index contributed by atoms with van der Waals surface area (Å²) < 4.78 is 36.0. The third-order valence-corrected chi connectivity index (χ3v) is 8.33. The molecule has 2 N–H and O–H groups in total. The highest BCUT2D eigenvalue weighted by Crippen LogP contribution is 2.39. The van der Waals surface area contributed by atoms with Crippen molar-refractivity contribution in [2.75, 3.05) is 7.11 Å². The molecular weight excluding hydrogens is 602 g/mol. The molecular formula is C37H37NO9. The van der Waals surface area contributed by atoms with Crippen LogP contribution in [0.1, 0.15) is 52.8 Å². The molecule has 0 spiro atoms. The van der Waals surface area contributed by atoms with Gasteiger partial charge in [0.05, 0.1) is 17.1 Å². The van der Waals surface area contributed by atoms with Gasteiger partial charge in [-0.25, -0.2) is 9.59 Å². The zero-order chi connectivity index (χ0) is 33.3. The minimum Gasteiger partial charge on any atom is -0.480 e. The molecule has 10 heteroatoms. The van der Waals surface area contributed by atoms with Crippen molar-refractivity contribution in [3.05, 3.63) is 129 Å². The number of esters is 1. The minimum atomic E-state index is -1.43. The van der Waals surface area contributed by atoms with Crippen LogP contribution in [0.3, 0.4) is 0 Å². The lowest BCUT2D eigenvalue weighted by Gasteiger charge is -2.47. The average molecular weight is 640 g/mol. The van der Waals surface area contributed by atoms with Crippen LogP contribution in [0.15, 0.2) is 100 Å². The molecule has 1 saturated heterocycles. The maximum Gasteiger partial charge on any atom is 0.355 e. The Balaban J connectivity index is 1.31. The summed E-state index contributed by atoms with van der Waals surface area (Å²) in [5.74, 6) is -0.0180. The smallest absolute Gasteiger partial charge is 0.355 e. The van der Waals surface area contributed by atoms with Gasteiger partial charge in [0.15, 0.2) is 12.2 Å². The van der Waals surface area contributed by atoms with E-state index in [1.54, 1.807) is 45.0 Å². The van der Waals surface area contributed by atoms with Gasteiger partial charge in [-0.2, -0.15) is 0 Å². The number of ether oxygens (including phenoxy) is 5. The van der Waals surface area contributed by atoms with Crippen LogP contribution in [0.5, 0.6) is 11.5 Å². The topological polar surface area (TPSA) is 129 Å². The largest absolute Gasteiger partial charge is 0.480 e. The number of H-pyrrole nitrogens is 1. The first-order chi connectivity index (χ1) is 22.6. The van der Waals surface area contributed by atoms with E-state index in [0.29, 0.717) is 22.4 Å². The molecule has 0 unspecified atom stereocenters. The van der Waals surface area contributed by atoms with Crippen molar-refractivity contribution in [1.82, 2.24) is 4.98 Å². The van der Waals surface area contributed by atoms with Gasteiger partial charge < -0.3 is 38.2 Å². The van der Waals surface area contributed by atoms with E-state index in [2.05, 4.69) is 4.98 Å². The van der Waals surface area contributed by atoms with E-state index < -0.39 is 47.9 Å². The molecule has 3 heterocycles. The van der Waals surface area contributed by atoms with E-state index in [0.717, 1.165) is 16.8 Å². The Labute approximate surface area is 271 Å². The Kier molecular flexibility index (Phi) is 8.92. The quantitative estimate of drug-likeness (QED) is 0.147. The van der Waals surface area contributed by atoms with E-state index in [9.17, 15) is 14.7 Å². The molecule has 0 bridgehead atoms. The number of hydrogen-bond donors (Lipinski definition) is 2. The van der Waals surface area contributed by atoms with Crippen LogP contribution in [0.25, 0.3) is 11.0 Å². The molecule has 1 fully saturated rings. The van der Waals surface area contributed by atoms with Crippen molar-refractivity contribution >= 4 is 16.9 Å². The molecule has 1 aliphatic rings. The van der Waals surface area contributed by atoms with Crippen molar-refractivity contribution in [3.63, 3.8) is 0 Å². The number of benzene rings is 3. The van der Waals surface area contributed by atoms with Crippen molar-refractivity contribution in [1.29, 1.82) is 0 Å². The lowest BCUT2D eigenvalue weighted by molar-refractivity contribution is -0.305. The number of carbonyl (C=O) groups excluding carboxylic acids is 1. The van der Waals surface area contributed by atoms with Crippen LogP contribution in [0.4, 0.5) is 0 Å². The maximum absolute atomic E-state index is 13.0. The molecule has 3 aromatic carbocycles. The maximum atomic E-state index is 13.0. The predicted octanol–water partition coefficient (Wildman–Crippen LogP) is 6.02. The summed E-state index contributed by atoms with van der Waals surface area (Å²) in [4.78, 5) is 28.8. The summed E-state index contributed by atoms with van der Waals surface area (Å²) in [6.07, 6.45) is -5.12. The number of aromatic nitrogens is 1. The lowest BCUT2D eigenvalue weighted by Crippen LogP contribution is -2.65. The van der Waals surface area contributed by atoms with E-state index in [1.165, 1.54) is 13.2 Å². The Morgan fingerprint density at radius 2 is 1.57 bits per heavy atom. The summed E-state index contributed by atoms with van der Waals surface area (Å²) >= 11 is 0. The van der Waals surface area contributed by atoms with Gasteiger partial charge in [-0.15, -0.1) is 0 Å². The number of hydrogen-bond acceptors (Lipinski definition) is 9. The fourth-order valence-electron chi connectivity index (χ4n) is 5.99. The molecule has 0 amide bonds. The Morgan fingerprint density at radius 3 is 2.17 bits per heavy atom. The molecule has 4 atom stereocenters. The van der Waals surface area contributed by atoms with Crippen molar-refractivity contribution in [3.8, 4) is 11.5 Å². The second-order valence-corrected chi connectivity index (χ2v) is 12.1. The van der Waals surface area contributed by atoms with Crippen LogP contribution in [0, 0.1) is 13.8 Å². The number of rotatable bonds is 9. The highest BCUT2D eigenvalue weighted by Gasteiger charge is 2.53. The molecule has 0 aliphatic carbocycles. The van der Waals surface area contributed by atoms with Gasteiger partial charge in [-0.1, -0.05) is 60.7 Å². The molecule has 6 rings (SSSR count). The number of carbonyl (C=O) groups is 1. The number of aryl methyl sites for hydroxylation is 2. The third kappa shape index (κ3) is 6.53. The van der Waals surface area contributed by atoms with E-state index in [-0.39, 0.29) is 11.3 Å². The zero-order valence-electron chi connectivity index (χ0n) is 26.8. The van der Waals surface area contributed by atoms with Gasteiger partial charge in [0.1, 0.15) is 35.0 Å². The van der Waals surface area contributed by atoms with Crippen LogP contribution < -0.4 is 15.1 Å². The number of aromatic amines is 1. The summed E-state index contributed by atoms with van der Waals surface area (Å²) in [6, 6.07) is 27.6. The first kappa shape index (κ1) is 32.1. The Hall–Kier alpha value is -4.90. The monoisotopic (exact) mass is 639 g/mol. The summed E-state index contributed by atoms with van der Waals surface area (Å²) in [5, 5.41) is 12.0. The second kappa shape index (κ2) is 13.1. The molecule has 2 aromatic heterocycles. The van der Waals surface area contributed by atoms with Crippen LogP contribution >= 0.6 is 0 Å². The van der Waals surface area contributed by atoms with Gasteiger partial charge in [0.25, 0.3) is 0 Å². The molecule has 47 heavy (non-hydrogen) atoms. The van der Waals surface area contributed by atoms with E-state index in [4.69, 9.17) is 28.1 Å². The Morgan fingerprint density at radius 1 is 0.915 bits per heavy atom. The lowest BCUT2D eigenvalue weighted by atomic mass is 9.89. The van der Waals surface area contributed by atoms with E-state index in [1.807, 2.05) is 67.6 Å². The van der Waals surface area contributed by atoms with Gasteiger partial charge in [0, 0.05) is 18.4 Å². The van der Waals surface area contributed by atoms with E-state index >= 15 is 0 Å². The van der Waals surface area contributed by atoms with Gasteiger partial charge >= 0.3 is 11.6 Å². The molecule has 10 nitrogen and oxygen atoms in total. The third-order valence-electron chi connectivity index (χ3n) is 8.33. The van der Waals surface area contributed by atoms with Crippen molar-refractivity contribution < 1.29 is 38.0 Å². The summed E-state index contributed by atoms with van der Waals surface area (Å²) in [7, 11) is 1.46. The highest BCUT2D eigenvalue weighted by atomic mass is 16.7. The first-order valence-corrected chi connectivity index (χ1v) is 15.3. The number of aliphatic hydroxyl groups excluding tert-OH is 1. The summed E-state index contributed by atoms with van der Waals surface area (Å²) in [6.45, 7) is 7.07. The second-order valence-electron chi connectivity index (χ2n) is 12.1. The van der Waals surface area contributed by atoms with Crippen molar-refractivity contribution in [2.45, 2.75) is 64.0 Å². The number of methoxy groups -OCH3 is 1. The fraction of sp³-hybridized carbons (Fsp3) is 0.297. The van der Waals surface area contributed by atoms with Crippen LogP contribution in [-0.2, 0) is 14.2 Å². The number of nitrogens with one attached hydrogen (secondary N) is 1. The van der Waals surface area contributed by atoms with Gasteiger partial charge in [-0.3, -0.25) is 0 Å². The van der Waals surface area contributed by atoms with Gasteiger partial charge in [0.2, 0.25) is 6.29 Å². The fourth-order valence-corrected chi connectivity index (χ4v) is 5.99. The molecule has 0 radical (unpaired) electrons. The predicted molar refractivity (Wildman–Crippen MR) is 174 cm³/mol. The highest BCUT2D eigenvalue weighted by molar-refractivity contribution is 5.88. The minimum absolute atomic E-state index is 0.242. The first-order valence-electron chi connectivity index (χ1n) is 15.3. The normalized spacial score (nSPS) is 20.7. The molecule has 5 aromatic rings. The standard InChI is InChI=1S/C37H37NO9/c1-21-16-18-26(38-21)35(41)46-33-30(40)36(47-37(3,4)34(33)42-5)44-27-19-17-25-28(20-29(39)45-31(25)22(27)2)43-32(23-12-8-6-9-13-23)24-14-10-7-11-15-24/h6-20,30,32-34,36,38,40H,1-5H3/t30-,33+,34+,36-/m1/s1. The van der Waals surface area contributed by atoms with Crippen molar-refractivity contribution in [2.24, 2.45) is 0 Å². The van der Waals surface area contributed by atoms with Crippen LogP contribution in [-0.4, -0.2) is 53.4 Å². The average Bonchev–Trinajstić information content (AvgIpc) is 3.50. The molecule has 1 aliphatic heterocycles. The number of aliphatic hydroxyl groups is 1. The summed E-state index contributed by atoms with van der Waals surface area (Å²) in [5.41, 5.74) is 1.98. The van der Waals surface area contributed by atoms with Crippen LogP contribution in [0.2, 0.25) is 0 Å². The van der Waals surface area contributed by atoms with Gasteiger partial charge in [-0.05, 0) is 63.1 Å². The molecule has 0 saturated carbocycles.